The number of nitrogens with one attached hydrogen (secondary N) is 3. The number of methoxy groups -OCH3 is 1. The fourth-order valence-corrected chi connectivity index (χ4v) is 4.90. The van der Waals surface area contributed by atoms with E-state index in [4.69, 9.17) is 10.5 Å². The summed E-state index contributed by atoms with van der Waals surface area (Å²) in [4.78, 5) is 74.6. The van der Waals surface area contributed by atoms with Crippen molar-refractivity contribution in [2.24, 2.45) is 23.0 Å². The van der Waals surface area contributed by atoms with Crippen molar-refractivity contribution in [3.63, 3.8) is 0 Å². The number of benzene rings is 1. The molecule has 1 heterocycles. The lowest BCUT2D eigenvalue weighted by molar-refractivity contribution is -0.143. The molecule has 50 heavy (non-hydrogen) atoms. The highest BCUT2D eigenvalue weighted by atomic mass is 16.5. The van der Waals surface area contributed by atoms with Crippen molar-refractivity contribution >= 4 is 35.8 Å². The number of Topliss-reactive ketones (excluding diaryl/α,β-unsaturated/α-hetero) is 1. The summed E-state index contributed by atoms with van der Waals surface area (Å²) in [5.41, 5.74) is 5.71. The average Bonchev–Trinajstić information content (AvgIpc) is 3.43. The fraction of sp³-hybridized carbons (Fsp3) is 0.684. The van der Waals surface area contributed by atoms with Crippen LogP contribution in [0.3, 0.4) is 0 Å². The zero-order chi connectivity index (χ0) is 38.3. The number of aldehydes is 1. The van der Waals surface area contributed by atoms with Crippen molar-refractivity contribution < 1.29 is 33.5 Å². The Morgan fingerprint density at radius 1 is 1.00 bits per heavy atom. The average molecular weight is 704 g/mol. The van der Waals surface area contributed by atoms with Gasteiger partial charge in [-0.2, -0.15) is 0 Å². The zero-order valence-electron chi connectivity index (χ0n) is 32.0. The van der Waals surface area contributed by atoms with Crippen LogP contribution in [0.25, 0.3) is 0 Å². The number of amides is 5. The Morgan fingerprint density at radius 2 is 1.56 bits per heavy atom. The van der Waals surface area contributed by atoms with Gasteiger partial charge in [-0.05, 0) is 35.7 Å². The van der Waals surface area contributed by atoms with Gasteiger partial charge in [-0.3, -0.25) is 19.2 Å². The van der Waals surface area contributed by atoms with Gasteiger partial charge in [0.2, 0.25) is 17.6 Å². The van der Waals surface area contributed by atoms with Crippen molar-refractivity contribution in [1.82, 2.24) is 20.9 Å². The number of ether oxygens (including phenoxy) is 1. The second kappa shape index (κ2) is 25.2. The maximum Gasteiger partial charge on any atom is 0.315 e. The first-order chi connectivity index (χ1) is 23.6. The van der Waals surface area contributed by atoms with E-state index >= 15 is 0 Å². The fourth-order valence-electron chi connectivity index (χ4n) is 4.90. The summed E-state index contributed by atoms with van der Waals surface area (Å²) in [7, 11) is 1.70. The topological polar surface area (TPSA) is 177 Å². The van der Waals surface area contributed by atoms with Crippen LogP contribution in [0.2, 0.25) is 0 Å². The normalized spacial score (nSPS) is 18.0. The summed E-state index contributed by atoms with van der Waals surface area (Å²) < 4.78 is 4.93. The number of carbonyl (C=O) groups excluding carboxylic acids is 6. The third-order valence-electron chi connectivity index (χ3n) is 8.19. The second-order valence-corrected chi connectivity index (χ2v) is 14.2. The van der Waals surface area contributed by atoms with Crippen LogP contribution in [0.1, 0.15) is 112 Å². The van der Waals surface area contributed by atoms with E-state index in [1.807, 2.05) is 51.1 Å². The number of nitrogens with zero attached hydrogens (tertiary/aromatic N) is 1. The third kappa shape index (κ3) is 18.3. The van der Waals surface area contributed by atoms with E-state index < -0.39 is 53.1 Å². The van der Waals surface area contributed by atoms with Gasteiger partial charge >= 0.3 is 6.03 Å². The van der Waals surface area contributed by atoms with E-state index in [0.29, 0.717) is 25.9 Å². The number of carbonyl (C=O) groups is 6. The van der Waals surface area contributed by atoms with Crippen molar-refractivity contribution in [2.75, 3.05) is 20.2 Å². The molecule has 1 aromatic rings. The molecule has 5 amide bonds. The smallest absolute Gasteiger partial charge is 0.315 e. The molecule has 4 unspecified atom stereocenters. The van der Waals surface area contributed by atoms with Crippen LogP contribution < -0.4 is 21.7 Å². The van der Waals surface area contributed by atoms with Crippen molar-refractivity contribution in [1.29, 1.82) is 0 Å². The standard InChI is InChI=1S/C23H39N5O6.C8H10O.C4H8.C3H8/c1-7-13(2)10-15(17(30)19(24)31)26-20(32)16-11-14(3)12-28(16)21(33)18(23(4,5)6)27-22(34)25-8-9-29;1-9-7-8-5-3-2-4-6-8;1-2-4-3-1;1-3-2/h9,13-16,18H,7-8,10-12H2,1-6H3,(H2,24,31)(H,26,32)(H2,25,27,34);2-6H,7H2,1H3;1-4H2;3H2,1-2H3/t13?,14-,15?,16?,18?;;;/m1.../s1. The molecular formula is C38H65N5O7. The molecule has 12 heteroatoms. The van der Waals surface area contributed by atoms with E-state index in [0.717, 1.165) is 6.42 Å². The van der Waals surface area contributed by atoms with Crippen LogP contribution in [0.15, 0.2) is 30.3 Å². The summed E-state index contributed by atoms with van der Waals surface area (Å²) >= 11 is 0. The highest BCUT2D eigenvalue weighted by Crippen LogP contribution is 2.28. The third-order valence-corrected chi connectivity index (χ3v) is 8.19. The molecule has 1 aliphatic carbocycles. The maximum atomic E-state index is 13.5. The van der Waals surface area contributed by atoms with Crippen LogP contribution in [0.5, 0.6) is 0 Å². The molecule has 1 saturated carbocycles. The first-order valence-corrected chi connectivity index (χ1v) is 18.0. The largest absolute Gasteiger partial charge is 0.380 e. The molecule has 2 fully saturated rings. The Balaban J connectivity index is 0.00000121. The van der Waals surface area contributed by atoms with E-state index in [-0.39, 0.29) is 24.8 Å². The Bertz CT molecular complexity index is 1160. The minimum absolute atomic E-state index is 0.00376. The number of ketones is 1. The van der Waals surface area contributed by atoms with Gasteiger partial charge in [0, 0.05) is 13.7 Å². The Hall–Kier alpha value is -3.80. The predicted molar refractivity (Wildman–Crippen MR) is 197 cm³/mol. The Kier molecular flexibility index (Phi) is 23.3. The summed E-state index contributed by atoms with van der Waals surface area (Å²) in [6.07, 6.45) is 9.14. The first kappa shape index (κ1) is 46.2. The number of hydrogen-bond donors (Lipinski definition) is 4. The minimum Gasteiger partial charge on any atom is -0.380 e. The summed E-state index contributed by atoms with van der Waals surface area (Å²) in [5, 5.41) is 7.59. The number of rotatable bonds is 13. The van der Waals surface area contributed by atoms with Gasteiger partial charge in [0.25, 0.3) is 5.91 Å². The molecule has 3 rings (SSSR count). The van der Waals surface area contributed by atoms with Crippen LogP contribution in [0.4, 0.5) is 4.79 Å². The SMILES string of the molecule is C1CCC1.CCC.CCC(C)CC(NC(=O)C1C[C@@H](C)CN1C(=O)C(NC(=O)NCC=O)C(C)(C)C)C(=O)C(N)=O.COCc1ccccc1. The molecule has 0 bridgehead atoms. The second-order valence-electron chi connectivity index (χ2n) is 14.2. The number of primary amides is 1. The molecule has 12 nitrogen and oxygen atoms in total. The van der Waals surface area contributed by atoms with Crippen LogP contribution >= 0.6 is 0 Å². The van der Waals surface area contributed by atoms with Gasteiger partial charge in [0.05, 0.1) is 19.2 Å². The number of likely N-dealkylation sites (tertiary alicyclic amines) is 1. The molecule has 284 valence electrons. The maximum absolute atomic E-state index is 13.5. The van der Waals surface area contributed by atoms with Crippen molar-refractivity contribution in [3.05, 3.63) is 35.9 Å². The molecule has 5 N–H and O–H groups in total. The molecule has 5 atom stereocenters. The number of hydrogen-bond acceptors (Lipinski definition) is 7. The quantitative estimate of drug-likeness (QED) is 0.166. The summed E-state index contributed by atoms with van der Waals surface area (Å²) in [5.74, 6) is -2.92. The van der Waals surface area contributed by atoms with Crippen LogP contribution in [0, 0.1) is 17.3 Å². The van der Waals surface area contributed by atoms with E-state index in [9.17, 15) is 28.8 Å². The van der Waals surface area contributed by atoms with Crippen LogP contribution in [-0.2, 0) is 35.3 Å². The molecule has 1 aromatic carbocycles. The van der Waals surface area contributed by atoms with Gasteiger partial charge in [-0.1, -0.05) is 124 Å². The lowest BCUT2D eigenvalue weighted by atomic mass is 9.85. The first-order valence-electron chi connectivity index (χ1n) is 18.0. The van der Waals surface area contributed by atoms with E-state index in [1.54, 1.807) is 27.9 Å². The van der Waals surface area contributed by atoms with Gasteiger partial charge in [-0.15, -0.1) is 0 Å². The molecular weight excluding hydrogens is 638 g/mol. The molecule has 1 saturated heterocycles. The van der Waals surface area contributed by atoms with Gasteiger partial charge in [0.15, 0.2) is 0 Å². The van der Waals surface area contributed by atoms with Crippen molar-refractivity contribution in [2.45, 2.75) is 131 Å². The Morgan fingerprint density at radius 3 is 2.00 bits per heavy atom. The van der Waals surface area contributed by atoms with Crippen molar-refractivity contribution in [3.8, 4) is 0 Å². The predicted octanol–water partition coefficient (Wildman–Crippen LogP) is 4.92. The van der Waals surface area contributed by atoms with Gasteiger partial charge in [-0.25, -0.2) is 4.79 Å². The molecule has 0 radical (unpaired) electrons. The molecule has 1 aliphatic heterocycles. The van der Waals surface area contributed by atoms with Gasteiger partial charge in [0.1, 0.15) is 18.4 Å². The molecule has 0 aromatic heterocycles. The zero-order valence-corrected chi connectivity index (χ0v) is 32.0. The summed E-state index contributed by atoms with van der Waals surface area (Å²) in [6, 6.07) is 6.53. The summed E-state index contributed by atoms with van der Waals surface area (Å²) in [6.45, 7) is 16.1. The number of urea groups is 1. The lowest BCUT2D eigenvalue weighted by Gasteiger charge is -2.35. The van der Waals surface area contributed by atoms with E-state index in [1.165, 1.54) is 42.6 Å². The minimum atomic E-state index is -1.13. The lowest BCUT2D eigenvalue weighted by Crippen LogP contribution is -2.60. The Labute approximate surface area is 300 Å². The molecule has 2 aliphatic rings. The van der Waals surface area contributed by atoms with Crippen LogP contribution in [-0.4, -0.2) is 79.0 Å². The van der Waals surface area contributed by atoms with E-state index in [2.05, 4.69) is 29.8 Å². The highest BCUT2D eigenvalue weighted by molar-refractivity contribution is 6.37. The molecule has 0 spiro atoms. The number of nitrogens with two attached hydrogens (primary N) is 1. The van der Waals surface area contributed by atoms with Gasteiger partial charge < -0.3 is 36.1 Å². The highest BCUT2D eigenvalue weighted by Gasteiger charge is 2.44. The monoisotopic (exact) mass is 703 g/mol.